The molecule has 3 aliphatic rings. The second kappa shape index (κ2) is 19.7. The van der Waals surface area contributed by atoms with E-state index < -0.39 is 58.5 Å². The molecule has 70 heavy (non-hydrogen) atoms. The fraction of sp³-hybridized carbons (Fsp3) is 0.200. The lowest BCUT2D eigenvalue weighted by Crippen LogP contribution is -2.74. The van der Waals surface area contributed by atoms with Gasteiger partial charge in [-0.25, -0.2) is 9.78 Å². The number of rotatable bonds is 16. The quantitative estimate of drug-likeness (QED) is 0.0370. The summed E-state index contributed by atoms with van der Waals surface area (Å²) in [7, 11) is 0. The number of thioether (sulfide) groups is 1. The molecule has 3 N–H and O–H groups in total. The van der Waals surface area contributed by atoms with E-state index >= 15 is 4.79 Å². The number of ether oxygens (including phenoxy) is 1. The standard InChI is InChI=1S/C55H48N6O7S2/c62-47(57-46-48(63)61-35-53(50(64)65,37-70-49(46)61)36-67-52(66)60-32-19-33-60)45(59-68-55(41-26-13-4-14-27-41,42-28-15-5-16-29-42)43-30-17-6-18-31-43)44-34-69-51(56-44)58-54(38-20-7-1-8-21-38,39-22-9-2-10-23-39)40-24-11-3-12-25-40/h1-18,20-31,34,46,49H,19,32-33,35-37H2,(H,56,58)(H,57,62)(H,64,65)/t46?,49-,53?/m1/s1. The second-order valence-electron chi connectivity index (χ2n) is 17.4. The van der Waals surface area contributed by atoms with Gasteiger partial charge in [0.05, 0.1) is 0 Å². The lowest BCUT2D eigenvalue weighted by molar-refractivity contribution is -0.160. The van der Waals surface area contributed by atoms with Crippen molar-refractivity contribution in [3.05, 3.63) is 226 Å². The highest BCUT2D eigenvalue weighted by Crippen LogP contribution is 2.45. The number of aromatic nitrogens is 1. The summed E-state index contributed by atoms with van der Waals surface area (Å²) in [5, 5.41) is 23.5. The van der Waals surface area contributed by atoms with Gasteiger partial charge in [0.25, 0.3) is 5.91 Å². The minimum Gasteiger partial charge on any atom is -0.481 e. The highest BCUT2D eigenvalue weighted by Gasteiger charge is 2.58. The molecule has 13 nitrogen and oxygen atoms in total. The maximum Gasteiger partial charge on any atom is 0.409 e. The van der Waals surface area contributed by atoms with Gasteiger partial charge >= 0.3 is 12.1 Å². The highest BCUT2D eigenvalue weighted by molar-refractivity contribution is 8.00. The topological polar surface area (TPSA) is 163 Å². The Morgan fingerprint density at radius 1 is 0.714 bits per heavy atom. The van der Waals surface area contributed by atoms with E-state index in [0.29, 0.717) is 18.2 Å². The van der Waals surface area contributed by atoms with Crippen LogP contribution in [-0.2, 0) is 35.1 Å². The number of oxime groups is 1. The molecule has 0 radical (unpaired) electrons. The largest absolute Gasteiger partial charge is 0.481 e. The zero-order valence-electron chi connectivity index (χ0n) is 37.8. The number of anilines is 1. The van der Waals surface area contributed by atoms with Gasteiger partial charge < -0.3 is 35.1 Å². The number of thiazole rings is 1. The van der Waals surface area contributed by atoms with Gasteiger partial charge in [0.2, 0.25) is 11.5 Å². The van der Waals surface area contributed by atoms with Crippen LogP contribution in [0.5, 0.6) is 0 Å². The van der Waals surface area contributed by atoms with Crippen molar-refractivity contribution in [2.24, 2.45) is 10.6 Å². The number of β-lactam (4-membered cyclic amide) rings is 1. The summed E-state index contributed by atoms with van der Waals surface area (Å²) in [6.45, 7) is 0.527. The molecule has 3 amide bonds. The summed E-state index contributed by atoms with van der Waals surface area (Å²) in [6.07, 6.45) is 0.284. The number of aliphatic carboxylic acids is 1. The maximum absolute atomic E-state index is 15.0. The Balaban J connectivity index is 1.03. The maximum atomic E-state index is 15.0. The number of carbonyl (C=O) groups excluding carboxylic acids is 3. The minimum absolute atomic E-state index is 0.0430. The van der Waals surface area contributed by atoms with Crippen LogP contribution in [0.3, 0.4) is 0 Å². The zero-order valence-corrected chi connectivity index (χ0v) is 39.4. The predicted octanol–water partition coefficient (Wildman–Crippen LogP) is 8.57. The summed E-state index contributed by atoms with van der Waals surface area (Å²) in [6, 6.07) is 58.2. The van der Waals surface area contributed by atoms with Crippen molar-refractivity contribution in [3.8, 4) is 0 Å². The Morgan fingerprint density at radius 2 is 1.19 bits per heavy atom. The van der Waals surface area contributed by atoms with Gasteiger partial charge in [-0.3, -0.25) is 14.4 Å². The van der Waals surface area contributed by atoms with Gasteiger partial charge in [-0.2, -0.15) is 0 Å². The van der Waals surface area contributed by atoms with Gasteiger partial charge in [-0.15, -0.1) is 23.1 Å². The number of carboxylic acid groups (broad SMARTS) is 1. The molecule has 4 heterocycles. The highest BCUT2D eigenvalue weighted by atomic mass is 32.2. The monoisotopic (exact) mass is 968 g/mol. The number of likely N-dealkylation sites (tertiary alicyclic amines) is 1. The van der Waals surface area contributed by atoms with Crippen molar-refractivity contribution < 1.29 is 33.9 Å². The Labute approximate surface area is 413 Å². The van der Waals surface area contributed by atoms with Crippen molar-refractivity contribution >= 4 is 57.8 Å². The van der Waals surface area contributed by atoms with Crippen LogP contribution in [0.25, 0.3) is 0 Å². The Bertz CT molecular complexity index is 2810. The van der Waals surface area contributed by atoms with Crippen LogP contribution in [0, 0.1) is 5.41 Å². The molecule has 352 valence electrons. The van der Waals surface area contributed by atoms with E-state index in [4.69, 9.17) is 19.7 Å². The Kier molecular flexibility index (Phi) is 12.9. The molecular formula is C55H48N6O7S2. The summed E-state index contributed by atoms with van der Waals surface area (Å²) in [5.41, 5.74) is 1.28. The fourth-order valence-corrected chi connectivity index (χ4v) is 11.6. The van der Waals surface area contributed by atoms with E-state index in [1.54, 1.807) is 5.38 Å². The molecule has 0 spiro atoms. The average molecular weight is 969 g/mol. The van der Waals surface area contributed by atoms with Crippen molar-refractivity contribution in [3.63, 3.8) is 0 Å². The smallest absolute Gasteiger partial charge is 0.409 e. The SMILES string of the molecule is O=C(NC1C(=O)N2CC(COC(=O)N3CCC3)(C(=O)O)CS[C@H]12)C(=NOC(c1ccccc1)(c1ccccc1)c1ccccc1)c1csc(NC(c2ccccc2)(c2ccccc2)c2ccccc2)n1. The van der Waals surface area contributed by atoms with Gasteiger partial charge in [0.15, 0.2) is 10.8 Å². The number of nitrogens with zero attached hydrogens (tertiary/aromatic N) is 4. The zero-order chi connectivity index (χ0) is 48.1. The lowest BCUT2D eigenvalue weighted by atomic mass is 9.77. The molecule has 3 fully saturated rings. The van der Waals surface area contributed by atoms with Crippen molar-refractivity contribution in [1.29, 1.82) is 0 Å². The molecule has 2 unspecified atom stereocenters. The molecule has 1 aromatic heterocycles. The van der Waals surface area contributed by atoms with E-state index in [9.17, 15) is 19.5 Å². The first-order valence-electron chi connectivity index (χ1n) is 22.9. The van der Waals surface area contributed by atoms with Crippen LogP contribution in [0.2, 0.25) is 0 Å². The van der Waals surface area contributed by atoms with Crippen LogP contribution in [0.4, 0.5) is 9.93 Å². The molecule has 0 saturated carbocycles. The first-order valence-corrected chi connectivity index (χ1v) is 24.9. The predicted molar refractivity (Wildman–Crippen MR) is 269 cm³/mol. The second-order valence-corrected chi connectivity index (χ2v) is 19.4. The molecule has 15 heteroatoms. The number of carbonyl (C=O) groups is 4. The van der Waals surface area contributed by atoms with E-state index in [-0.39, 0.29) is 23.7 Å². The molecule has 3 atom stereocenters. The van der Waals surface area contributed by atoms with Gasteiger partial charge in [-0.1, -0.05) is 187 Å². The molecule has 3 aliphatic heterocycles. The van der Waals surface area contributed by atoms with Crippen molar-refractivity contribution in [1.82, 2.24) is 20.1 Å². The molecule has 0 aliphatic carbocycles. The van der Waals surface area contributed by atoms with Crippen molar-refractivity contribution in [2.45, 2.75) is 29.0 Å². The Morgan fingerprint density at radius 3 is 1.63 bits per heavy atom. The van der Waals surface area contributed by atoms with Crippen LogP contribution >= 0.6 is 23.1 Å². The summed E-state index contributed by atoms with van der Waals surface area (Å²) in [4.78, 5) is 69.3. The van der Waals surface area contributed by atoms with E-state index in [1.165, 1.54) is 32.9 Å². The van der Waals surface area contributed by atoms with E-state index in [0.717, 1.165) is 39.8 Å². The fourth-order valence-electron chi connectivity index (χ4n) is 9.28. The normalized spacial score (nSPS) is 18.9. The number of carboxylic acids is 1. The third-order valence-corrected chi connectivity index (χ3v) is 15.5. The average Bonchev–Trinajstić information content (AvgIpc) is 3.86. The van der Waals surface area contributed by atoms with E-state index in [2.05, 4.69) is 47.0 Å². The number of hydrogen-bond donors (Lipinski definition) is 3. The number of nitrogens with one attached hydrogen (secondary N) is 2. The van der Waals surface area contributed by atoms with Crippen LogP contribution in [0.15, 0.2) is 193 Å². The number of hydrogen-bond acceptors (Lipinski definition) is 11. The van der Waals surface area contributed by atoms with Crippen LogP contribution in [-0.4, -0.2) is 92.9 Å². The number of fused-ring (bicyclic) bond motifs is 1. The Hall–Kier alpha value is -7.75. The molecular weight excluding hydrogens is 921 g/mol. The van der Waals surface area contributed by atoms with Crippen LogP contribution in [0.1, 0.15) is 45.5 Å². The van der Waals surface area contributed by atoms with Gasteiger partial charge in [0.1, 0.15) is 34.7 Å². The minimum atomic E-state index is -1.53. The molecule has 3 saturated heterocycles. The molecule has 6 aromatic carbocycles. The first-order chi connectivity index (χ1) is 34.2. The van der Waals surface area contributed by atoms with Gasteiger partial charge in [-0.05, 0) is 23.1 Å². The third kappa shape index (κ3) is 8.55. The summed E-state index contributed by atoms with van der Waals surface area (Å²) < 4.78 is 5.47. The van der Waals surface area contributed by atoms with E-state index in [1.807, 2.05) is 146 Å². The molecule has 7 aromatic rings. The third-order valence-electron chi connectivity index (χ3n) is 13.2. The number of benzene rings is 6. The first kappa shape index (κ1) is 46.0. The van der Waals surface area contributed by atoms with Gasteiger partial charge in [0, 0.05) is 47.5 Å². The van der Waals surface area contributed by atoms with Crippen molar-refractivity contribution in [2.75, 3.05) is 37.3 Å². The molecule has 0 bridgehead atoms. The molecule has 10 rings (SSSR count). The summed E-state index contributed by atoms with van der Waals surface area (Å²) >= 11 is 2.50. The lowest BCUT2D eigenvalue weighted by Gasteiger charge is -2.53. The summed E-state index contributed by atoms with van der Waals surface area (Å²) in [5.74, 6) is -2.33. The van der Waals surface area contributed by atoms with Crippen LogP contribution < -0.4 is 10.6 Å². The number of amides is 3.